The summed E-state index contributed by atoms with van der Waals surface area (Å²) >= 11 is 0. The molecule has 1 atom stereocenters. The van der Waals surface area contributed by atoms with E-state index in [1.54, 1.807) is 0 Å². The standard InChI is InChI=1S/C11H17NO/c1-8(2)10(4)13-11-6-5-9(3)7-12-11/h5-8,10H,1-4H3/t10-/m0/s1. The molecule has 0 saturated carbocycles. The first-order valence-electron chi connectivity index (χ1n) is 4.69. The Balaban J connectivity index is 2.59. The highest BCUT2D eigenvalue weighted by Crippen LogP contribution is 2.12. The van der Waals surface area contributed by atoms with Crippen molar-refractivity contribution in [2.75, 3.05) is 0 Å². The molecule has 1 heterocycles. The quantitative estimate of drug-likeness (QED) is 0.711. The smallest absolute Gasteiger partial charge is 0.213 e. The summed E-state index contributed by atoms with van der Waals surface area (Å²) in [6, 6.07) is 3.92. The number of rotatable bonds is 3. The molecule has 0 aliphatic rings. The van der Waals surface area contributed by atoms with E-state index >= 15 is 0 Å². The molecule has 72 valence electrons. The van der Waals surface area contributed by atoms with Crippen molar-refractivity contribution < 1.29 is 4.74 Å². The molecule has 13 heavy (non-hydrogen) atoms. The molecular formula is C11H17NO. The van der Waals surface area contributed by atoms with Gasteiger partial charge in [0.05, 0.1) is 6.10 Å². The van der Waals surface area contributed by atoms with Gasteiger partial charge in [-0.1, -0.05) is 19.9 Å². The lowest BCUT2D eigenvalue weighted by Crippen LogP contribution is -2.19. The molecular weight excluding hydrogens is 162 g/mol. The Bertz CT molecular complexity index is 253. The number of ether oxygens (including phenoxy) is 1. The highest BCUT2D eigenvalue weighted by molar-refractivity contribution is 5.16. The van der Waals surface area contributed by atoms with Crippen LogP contribution in [0, 0.1) is 12.8 Å². The molecule has 0 aromatic carbocycles. The van der Waals surface area contributed by atoms with Gasteiger partial charge >= 0.3 is 0 Å². The van der Waals surface area contributed by atoms with Crippen LogP contribution in [-0.4, -0.2) is 11.1 Å². The van der Waals surface area contributed by atoms with Crippen LogP contribution in [0.5, 0.6) is 5.88 Å². The third-order valence-corrected chi connectivity index (χ3v) is 2.13. The molecule has 0 N–H and O–H groups in total. The average molecular weight is 179 g/mol. The van der Waals surface area contributed by atoms with Crippen LogP contribution < -0.4 is 4.74 Å². The summed E-state index contributed by atoms with van der Waals surface area (Å²) in [6.07, 6.45) is 2.04. The summed E-state index contributed by atoms with van der Waals surface area (Å²) in [4.78, 5) is 4.18. The van der Waals surface area contributed by atoms with Crippen molar-refractivity contribution in [3.05, 3.63) is 23.9 Å². The molecule has 2 nitrogen and oxygen atoms in total. The Hall–Kier alpha value is -1.05. The zero-order valence-electron chi connectivity index (χ0n) is 8.74. The van der Waals surface area contributed by atoms with Crippen LogP contribution in [0.4, 0.5) is 0 Å². The molecule has 1 aromatic rings. The van der Waals surface area contributed by atoms with E-state index in [2.05, 4.69) is 25.8 Å². The molecule has 2 heteroatoms. The zero-order valence-corrected chi connectivity index (χ0v) is 8.74. The fourth-order valence-corrected chi connectivity index (χ4v) is 0.850. The zero-order chi connectivity index (χ0) is 9.84. The Labute approximate surface area is 80.0 Å². The van der Waals surface area contributed by atoms with E-state index in [9.17, 15) is 0 Å². The van der Waals surface area contributed by atoms with E-state index < -0.39 is 0 Å². The van der Waals surface area contributed by atoms with Crippen molar-refractivity contribution in [3.8, 4) is 5.88 Å². The van der Waals surface area contributed by atoms with E-state index in [1.165, 1.54) is 0 Å². The summed E-state index contributed by atoms with van der Waals surface area (Å²) in [5.74, 6) is 1.23. The van der Waals surface area contributed by atoms with E-state index in [0.717, 1.165) is 5.56 Å². The van der Waals surface area contributed by atoms with Crippen LogP contribution in [0.3, 0.4) is 0 Å². The van der Waals surface area contributed by atoms with E-state index in [-0.39, 0.29) is 6.10 Å². The second-order valence-corrected chi connectivity index (χ2v) is 3.74. The molecule has 1 rings (SSSR count). The van der Waals surface area contributed by atoms with Gasteiger partial charge in [-0.2, -0.15) is 0 Å². The van der Waals surface area contributed by atoms with E-state index in [4.69, 9.17) is 4.74 Å². The minimum Gasteiger partial charge on any atom is -0.474 e. The van der Waals surface area contributed by atoms with Crippen LogP contribution in [0.2, 0.25) is 0 Å². The van der Waals surface area contributed by atoms with Gasteiger partial charge in [-0.05, 0) is 25.3 Å². The van der Waals surface area contributed by atoms with Crippen LogP contribution in [0.25, 0.3) is 0 Å². The molecule has 0 aliphatic heterocycles. The first kappa shape index (κ1) is 10.0. The summed E-state index contributed by atoms with van der Waals surface area (Å²) < 4.78 is 5.62. The summed E-state index contributed by atoms with van der Waals surface area (Å²) in [6.45, 7) is 8.35. The predicted octanol–water partition coefficient (Wildman–Crippen LogP) is 2.81. The SMILES string of the molecule is Cc1ccc(O[C@@H](C)C(C)C)nc1. The summed E-state index contributed by atoms with van der Waals surface area (Å²) in [5.41, 5.74) is 1.16. The maximum Gasteiger partial charge on any atom is 0.213 e. The lowest BCUT2D eigenvalue weighted by Gasteiger charge is -2.16. The normalized spacial score (nSPS) is 13.0. The fraction of sp³-hybridized carbons (Fsp3) is 0.545. The van der Waals surface area contributed by atoms with Crippen molar-refractivity contribution in [1.82, 2.24) is 4.98 Å². The number of pyridine rings is 1. The van der Waals surface area contributed by atoms with Crippen LogP contribution in [0.15, 0.2) is 18.3 Å². The third-order valence-electron chi connectivity index (χ3n) is 2.13. The lowest BCUT2D eigenvalue weighted by atomic mass is 10.1. The van der Waals surface area contributed by atoms with Crippen LogP contribution in [-0.2, 0) is 0 Å². The Morgan fingerprint density at radius 2 is 1.92 bits per heavy atom. The van der Waals surface area contributed by atoms with Gasteiger partial charge in [0, 0.05) is 12.3 Å². The Kier molecular flexibility index (Phi) is 3.29. The van der Waals surface area contributed by atoms with Gasteiger partial charge in [0.2, 0.25) is 5.88 Å². The fourth-order valence-electron chi connectivity index (χ4n) is 0.850. The second kappa shape index (κ2) is 4.26. The summed E-state index contributed by atoms with van der Waals surface area (Å²) in [7, 11) is 0. The molecule has 0 bridgehead atoms. The number of nitrogens with zero attached hydrogens (tertiary/aromatic N) is 1. The van der Waals surface area contributed by atoms with Gasteiger partial charge in [-0.3, -0.25) is 0 Å². The molecule has 0 radical (unpaired) electrons. The van der Waals surface area contributed by atoms with E-state index in [1.807, 2.05) is 25.3 Å². The highest BCUT2D eigenvalue weighted by atomic mass is 16.5. The second-order valence-electron chi connectivity index (χ2n) is 3.74. The monoisotopic (exact) mass is 179 g/mol. The van der Waals surface area contributed by atoms with Crippen LogP contribution in [0.1, 0.15) is 26.3 Å². The molecule has 0 spiro atoms. The number of hydrogen-bond donors (Lipinski definition) is 0. The van der Waals surface area contributed by atoms with E-state index in [0.29, 0.717) is 11.8 Å². The van der Waals surface area contributed by atoms with Crippen molar-refractivity contribution in [1.29, 1.82) is 0 Å². The van der Waals surface area contributed by atoms with Crippen molar-refractivity contribution in [2.24, 2.45) is 5.92 Å². The molecule has 0 amide bonds. The van der Waals surface area contributed by atoms with Gasteiger partial charge in [-0.25, -0.2) is 4.98 Å². The molecule has 0 fully saturated rings. The Morgan fingerprint density at radius 1 is 1.23 bits per heavy atom. The maximum absolute atomic E-state index is 5.62. The third kappa shape index (κ3) is 3.05. The minimum absolute atomic E-state index is 0.218. The topological polar surface area (TPSA) is 22.1 Å². The first-order valence-corrected chi connectivity index (χ1v) is 4.69. The van der Waals surface area contributed by atoms with Gasteiger partial charge in [0.25, 0.3) is 0 Å². The maximum atomic E-state index is 5.62. The average Bonchev–Trinajstić information content (AvgIpc) is 2.08. The minimum atomic E-state index is 0.218. The molecule has 0 aliphatic carbocycles. The van der Waals surface area contributed by atoms with Crippen molar-refractivity contribution in [3.63, 3.8) is 0 Å². The Morgan fingerprint density at radius 3 is 2.38 bits per heavy atom. The largest absolute Gasteiger partial charge is 0.474 e. The number of hydrogen-bond acceptors (Lipinski definition) is 2. The number of aromatic nitrogens is 1. The highest BCUT2D eigenvalue weighted by Gasteiger charge is 2.08. The number of aryl methyl sites for hydroxylation is 1. The van der Waals surface area contributed by atoms with Gasteiger partial charge in [-0.15, -0.1) is 0 Å². The molecule has 1 aromatic heterocycles. The summed E-state index contributed by atoms with van der Waals surface area (Å²) in [5, 5.41) is 0. The van der Waals surface area contributed by atoms with Crippen molar-refractivity contribution in [2.45, 2.75) is 33.8 Å². The van der Waals surface area contributed by atoms with Gasteiger partial charge in [0.15, 0.2) is 0 Å². The van der Waals surface area contributed by atoms with Crippen LogP contribution >= 0.6 is 0 Å². The van der Waals surface area contributed by atoms with Gasteiger partial charge < -0.3 is 4.74 Å². The van der Waals surface area contributed by atoms with Crippen molar-refractivity contribution >= 4 is 0 Å². The predicted molar refractivity (Wildman–Crippen MR) is 53.9 cm³/mol. The molecule has 0 saturated heterocycles. The molecule has 0 unspecified atom stereocenters. The van der Waals surface area contributed by atoms with Gasteiger partial charge in [0.1, 0.15) is 0 Å². The first-order chi connectivity index (χ1) is 6.09. The lowest BCUT2D eigenvalue weighted by molar-refractivity contribution is 0.163.